The quantitative estimate of drug-likeness (QED) is 0.575. The van der Waals surface area contributed by atoms with Gasteiger partial charge in [0, 0.05) is 36.6 Å². The topological polar surface area (TPSA) is 122 Å². The van der Waals surface area contributed by atoms with Crippen LogP contribution >= 0.6 is 11.6 Å². The van der Waals surface area contributed by atoms with Crippen molar-refractivity contribution in [2.75, 3.05) is 25.4 Å². The van der Waals surface area contributed by atoms with Gasteiger partial charge in [-0.1, -0.05) is 29.8 Å². The van der Waals surface area contributed by atoms with Gasteiger partial charge in [0.2, 0.25) is 5.91 Å². The van der Waals surface area contributed by atoms with E-state index in [0.717, 1.165) is 20.8 Å². The first-order chi connectivity index (χ1) is 14.8. The molecule has 4 rings (SSSR count). The summed E-state index contributed by atoms with van der Waals surface area (Å²) < 4.78 is 28.9. The molecule has 1 saturated heterocycles. The minimum absolute atomic E-state index is 0.121. The Labute approximate surface area is 185 Å². The van der Waals surface area contributed by atoms with E-state index in [4.69, 9.17) is 17.3 Å². The normalized spacial score (nSPS) is 15.5. The second-order valence-electron chi connectivity index (χ2n) is 7.21. The van der Waals surface area contributed by atoms with Gasteiger partial charge in [0.15, 0.2) is 0 Å². The molecular formula is C20H21ClN6O3S. The lowest BCUT2D eigenvalue weighted by Gasteiger charge is -2.33. The zero-order valence-electron chi connectivity index (χ0n) is 16.5. The molecule has 0 atom stereocenters. The third kappa shape index (κ3) is 4.93. The zero-order chi connectivity index (χ0) is 22.0. The summed E-state index contributed by atoms with van der Waals surface area (Å²) in [7, 11) is -3.78. The Morgan fingerprint density at radius 2 is 1.81 bits per heavy atom. The molecule has 162 valence electrons. The number of nitrogens with two attached hydrogens (primary N) is 1. The maximum atomic E-state index is 12.6. The molecule has 1 amide bonds. The zero-order valence-corrected chi connectivity index (χ0v) is 18.1. The highest BCUT2D eigenvalue weighted by atomic mass is 35.5. The lowest BCUT2D eigenvalue weighted by molar-refractivity contribution is -0.134. The number of carbonyl (C=O) groups is 1. The molecule has 3 N–H and O–H groups in total. The van der Waals surface area contributed by atoms with Gasteiger partial charge in [0.25, 0.3) is 10.2 Å². The van der Waals surface area contributed by atoms with Crippen LogP contribution in [0.4, 0.5) is 5.82 Å². The number of nitrogens with zero attached hydrogens (tertiary/aromatic N) is 4. The summed E-state index contributed by atoms with van der Waals surface area (Å²) in [6.07, 6.45) is 1.40. The summed E-state index contributed by atoms with van der Waals surface area (Å²) in [5.41, 5.74) is 8.21. The molecule has 2 aromatic carbocycles. The van der Waals surface area contributed by atoms with E-state index in [0.29, 0.717) is 29.4 Å². The van der Waals surface area contributed by atoms with E-state index >= 15 is 0 Å². The Hall–Kier alpha value is -2.79. The first-order valence-electron chi connectivity index (χ1n) is 9.58. The number of carbonyl (C=O) groups excluding carboxylic acids is 1. The number of rotatable bonds is 6. The summed E-state index contributed by atoms with van der Waals surface area (Å²) in [4.78, 5) is 22.4. The number of hydrogen-bond donors (Lipinski definition) is 2. The van der Waals surface area contributed by atoms with Gasteiger partial charge in [-0.25, -0.2) is 9.97 Å². The molecule has 31 heavy (non-hydrogen) atoms. The van der Waals surface area contributed by atoms with Crippen LogP contribution in [0, 0.1) is 0 Å². The second-order valence-corrected chi connectivity index (χ2v) is 9.40. The van der Waals surface area contributed by atoms with Crippen LogP contribution in [-0.4, -0.2) is 53.1 Å². The predicted molar refractivity (Wildman–Crippen MR) is 118 cm³/mol. The summed E-state index contributed by atoms with van der Waals surface area (Å²) in [5.74, 6) is 0.142. The highest BCUT2D eigenvalue weighted by molar-refractivity contribution is 7.87. The van der Waals surface area contributed by atoms with E-state index in [1.807, 2.05) is 18.2 Å². The fourth-order valence-corrected chi connectivity index (χ4v) is 4.63. The van der Waals surface area contributed by atoms with Crippen LogP contribution < -0.4 is 10.5 Å². The Morgan fingerprint density at radius 1 is 1.06 bits per heavy atom. The van der Waals surface area contributed by atoms with Gasteiger partial charge in [-0.05, 0) is 35.4 Å². The van der Waals surface area contributed by atoms with E-state index in [-0.39, 0.29) is 25.5 Å². The minimum atomic E-state index is -3.78. The molecule has 9 nitrogen and oxygen atoms in total. The molecule has 1 aliphatic heterocycles. The lowest BCUT2D eigenvalue weighted by atomic mass is 10.1. The summed E-state index contributed by atoms with van der Waals surface area (Å²) in [5, 5.41) is 1.33. The maximum Gasteiger partial charge on any atom is 0.280 e. The Balaban J connectivity index is 1.37. The smallest absolute Gasteiger partial charge is 0.280 e. The van der Waals surface area contributed by atoms with E-state index in [1.54, 1.807) is 29.2 Å². The number of nitrogens with one attached hydrogen (secondary N) is 1. The van der Waals surface area contributed by atoms with Gasteiger partial charge in [-0.15, -0.1) is 0 Å². The largest absolute Gasteiger partial charge is 0.383 e. The van der Waals surface area contributed by atoms with Gasteiger partial charge in [-0.3, -0.25) is 4.79 Å². The van der Waals surface area contributed by atoms with Crippen LogP contribution in [0.5, 0.6) is 0 Å². The fourth-order valence-electron chi connectivity index (χ4n) is 3.37. The van der Waals surface area contributed by atoms with Crippen LogP contribution in [0.1, 0.15) is 11.1 Å². The maximum absolute atomic E-state index is 12.6. The van der Waals surface area contributed by atoms with Crippen LogP contribution in [0.2, 0.25) is 5.02 Å². The van der Waals surface area contributed by atoms with Crippen molar-refractivity contribution in [2.45, 2.75) is 13.1 Å². The fraction of sp³-hybridized carbons (Fsp3) is 0.250. The lowest BCUT2D eigenvalue weighted by Crippen LogP contribution is -2.54. The van der Waals surface area contributed by atoms with E-state index in [2.05, 4.69) is 14.7 Å². The third-order valence-corrected chi connectivity index (χ3v) is 6.85. The van der Waals surface area contributed by atoms with Crippen LogP contribution in [-0.2, 0) is 28.1 Å². The predicted octanol–water partition coefficient (Wildman–Crippen LogP) is 1.54. The average Bonchev–Trinajstić information content (AvgIpc) is 2.75. The van der Waals surface area contributed by atoms with Crippen molar-refractivity contribution in [3.05, 3.63) is 64.9 Å². The first kappa shape index (κ1) is 21.4. The van der Waals surface area contributed by atoms with Crippen molar-refractivity contribution < 1.29 is 13.2 Å². The first-order valence-corrected chi connectivity index (χ1v) is 11.4. The Kier molecular flexibility index (Phi) is 6.05. The van der Waals surface area contributed by atoms with Gasteiger partial charge in [0.05, 0.1) is 12.1 Å². The second kappa shape index (κ2) is 8.75. The number of piperazine rings is 1. The van der Waals surface area contributed by atoms with E-state index < -0.39 is 10.2 Å². The SMILES string of the molecule is Nc1ncnc2cc(CN3CCN(S(=O)(=O)NCc4ccc(Cl)cc4)CC3=O)ccc12. The van der Waals surface area contributed by atoms with Crippen LogP contribution in [0.15, 0.2) is 48.8 Å². The van der Waals surface area contributed by atoms with Gasteiger partial charge in [0.1, 0.15) is 12.1 Å². The molecule has 2 heterocycles. The minimum Gasteiger partial charge on any atom is -0.383 e. The third-order valence-electron chi connectivity index (χ3n) is 5.10. The highest BCUT2D eigenvalue weighted by Crippen LogP contribution is 2.20. The Morgan fingerprint density at radius 3 is 2.55 bits per heavy atom. The molecule has 11 heteroatoms. The van der Waals surface area contributed by atoms with E-state index in [1.165, 1.54) is 6.33 Å². The molecule has 1 aliphatic rings. The number of nitrogen functional groups attached to an aromatic ring is 1. The van der Waals surface area contributed by atoms with Crippen molar-refractivity contribution in [1.82, 2.24) is 23.9 Å². The summed E-state index contributed by atoms with van der Waals surface area (Å²) >= 11 is 5.85. The van der Waals surface area contributed by atoms with Crippen molar-refractivity contribution in [2.24, 2.45) is 0 Å². The molecule has 1 aromatic heterocycles. The molecule has 0 saturated carbocycles. The van der Waals surface area contributed by atoms with Crippen molar-refractivity contribution in [3.8, 4) is 0 Å². The number of anilines is 1. The summed E-state index contributed by atoms with van der Waals surface area (Å²) in [6, 6.07) is 12.4. The molecule has 0 spiro atoms. The number of halogens is 1. The van der Waals surface area contributed by atoms with Gasteiger partial charge >= 0.3 is 0 Å². The van der Waals surface area contributed by atoms with Crippen molar-refractivity contribution in [1.29, 1.82) is 0 Å². The standard InChI is InChI=1S/C20H21ClN6O3S/c21-16-4-1-14(2-5-16)10-25-31(29,30)27-8-7-26(19(28)12-27)11-15-3-6-17-18(9-15)23-13-24-20(17)22/h1-6,9,13,25H,7-8,10-12H2,(H2,22,23,24). The molecule has 0 aliphatic carbocycles. The van der Waals surface area contributed by atoms with Gasteiger partial charge in [-0.2, -0.15) is 17.4 Å². The number of fused-ring (bicyclic) bond motifs is 1. The monoisotopic (exact) mass is 460 g/mol. The van der Waals surface area contributed by atoms with Crippen LogP contribution in [0.25, 0.3) is 10.9 Å². The molecule has 0 unspecified atom stereocenters. The number of hydrogen-bond acceptors (Lipinski definition) is 6. The molecule has 0 bridgehead atoms. The number of aromatic nitrogens is 2. The van der Waals surface area contributed by atoms with Crippen molar-refractivity contribution >= 4 is 44.4 Å². The molecular weight excluding hydrogens is 440 g/mol. The molecule has 3 aromatic rings. The summed E-state index contributed by atoms with van der Waals surface area (Å²) in [6.45, 7) is 0.786. The average molecular weight is 461 g/mol. The Bertz CT molecular complexity index is 1220. The highest BCUT2D eigenvalue weighted by Gasteiger charge is 2.31. The number of amides is 1. The van der Waals surface area contributed by atoms with Gasteiger partial charge < -0.3 is 10.6 Å². The molecule has 0 radical (unpaired) electrons. The van der Waals surface area contributed by atoms with Crippen LogP contribution in [0.3, 0.4) is 0 Å². The molecule has 1 fully saturated rings. The van der Waals surface area contributed by atoms with E-state index in [9.17, 15) is 13.2 Å². The number of benzene rings is 2. The van der Waals surface area contributed by atoms with Crippen molar-refractivity contribution in [3.63, 3.8) is 0 Å².